The summed E-state index contributed by atoms with van der Waals surface area (Å²) in [7, 11) is 0. The van der Waals surface area contributed by atoms with Gasteiger partial charge in [-0.25, -0.2) is 0 Å². The maximum absolute atomic E-state index is 5.93. The van der Waals surface area contributed by atoms with E-state index in [-0.39, 0.29) is 0 Å². The Morgan fingerprint density at radius 2 is 2.00 bits per heavy atom. The first kappa shape index (κ1) is 15.0. The molecule has 3 rings (SSSR count). The molecule has 0 radical (unpaired) electrons. The van der Waals surface area contributed by atoms with Crippen molar-refractivity contribution in [3.8, 4) is 0 Å². The summed E-state index contributed by atoms with van der Waals surface area (Å²) in [5.41, 5.74) is 5.93. The predicted molar refractivity (Wildman–Crippen MR) is 83.0 cm³/mol. The van der Waals surface area contributed by atoms with Crippen molar-refractivity contribution in [1.82, 2.24) is 10.1 Å². The molecule has 21 heavy (non-hydrogen) atoms. The third-order valence-electron chi connectivity index (χ3n) is 5.71. The zero-order chi connectivity index (χ0) is 14.7. The standard InChI is InChI=1S/C17H29N3O/c1-2-12-6-5-8-13(10-12)16-19-17(21-20-16)15-9-4-3-7-14(15)11-18/h12-15H,2-11,18H2,1H3. The summed E-state index contributed by atoms with van der Waals surface area (Å²) >= 11 is 0. The lowest BCUT2D eigenvalue weighted by Crippen LogP contribution is -2.25. The van der Waals surface area contributed by atoms with Crippen molar-refractivity contribution in [2.45, 2.75) is 76.5 Å². The third-order valence-corrected chi connectivity index (χ3v) is 5.71. The van der Waals surface area contributed by atoms with E-state index in [1.165, 1.54) is 51.4 Å². The normalized spacial score (nSPS) is 34.0. The SMILES string of the molecule is CCC1CCCC(c2noc(C3CCCCC3CN)n2)C1. The summed E-state index contributed by atoms with van der Waals surface area (Å²) < 4.78 is 5.64. The number of nitrogens with two attached hydrogens (primary N) is 1. The Balaban J connectivity index is 1.70. The fourth-order valence-electron chi connectivity index (χ4n) is 4.27. The van der Waals surface area contributed by atoms with Gasteiger partial charge in [0.2, 0.25) is 5.89 Å². The zero-order valence-electron chi connectivity index (χ0n) is 13.3. The monoisotopic (exact) mass is 291 g/mol. The first-order valence-corrected chi connectivity index (χ1v) is 8.85. The van der Waals surface area contributed by atoms with Crippen molar-refractivity contribution < 1.29 is 4.52 Å². The molecule has 0 saturated heterocycles. The Morgan fingerprint density at radius 1 is 1.14 bits per heavy atom. The van der Waals surface area contributed by atoms with Gasteiger partial charge in [-0.05, 0) is 44.1 Å². The van der Waals surface area contributed by atoms with Crippen molar-refractivity contribution in [2.24, 2.45) is 17.6 Å². The highest BCUT2D eigenvalue weighted by atomic mass is 16.5. The molecular weight excluding hydrogens is 262 g/mol. The van der Waals surface area contributed by atoms with Crippen LogP contribution >= 0.6 is 0 Å². The zero-order valence-corrected chi connectivity index (χ0v) is 13.3. The van der Waals surface area contributed by atoms with Crippen LogP contribution in [-0.2, 0) is 0 Å². The first-order chi connectivity index (χ1) is 10.3. The number of hydrogen-bond donors (Lipinski definition) is 1. The van der Waals surface area contributed by atoms with Gasteiger partial charge >= 0.3 is 0 Å². The van der Waals surface area contributed by atoms with Crippen LogP contribution in [0, 0.1) is 11.8 Å². The average Bonchev–Trinajstić information content (AvgIpc) is 3.04. The van der Waals surface area contributed by atoms with Gasteiger partial charge in [0.25, 0.3) is 0 Å². The summed E-state index contributed by atoms with van der Waals surface area (Å²) in [6.07, 6.45) is 11.3. The average molecular weight is 291 g/mol. The van der Waals surface area contributed by atoms with Crippen molar-refractivity contribution in [3.05, 3.63) is 11.7 Å². The Morgan fingerprint density at radius 3 is 2.81 bits per heavy atom. The molecule has 2 aliphatic carbocycles. The van der Waals surface area contributed by atoms with E-state index in [1.807, 2.05) is 0 Å². The van der Waals surface area contributed by atoms with Gasteiger partial charge < -0.3 is 10.3 Å². The molecule has 4 nitrogen and oxygen atoms in total. The van der Waals surface area contributed by atoms with Crippen LogP contribution in [0.2, 0.25) is 0 Å². The molecule has 1 aromatic heterocycles. The first-order valence-electron chi connectivity index (χ1n) is 8.85. The molecule has 4 atom stereocenters. The van der Waals surface area contributed by atoms with E-state index in [2.05, 4.69) is 12.1 Å². The number of hydrogen-bond acceptors (Lipinski definition) is 4. The smallest absolute Gasteiger partial charge is 0.230 e. The van der Waals surface area contributed by atoms with Crippen molar-refractivity contribution in [2.75, 3.05) is 6.54 Å². The number of aromatic nitrogens is 2. The highest BCUT2D eigenvalue weighted by molar-refractivity contribution is 5.03. The van der Waals surface area contributed by atoms with Crippen LogP contribution in [0.4, 0.5) is 0 Å². The van der Waals surface area contributed by atoms with Gasteiger partial charge in [-0.3, -0.25) is 0 Å². The van der Waals surface area contributed by atoms with E-state index in [1.54, 1.807) is 0 Å². The lowest BCUT2D eigenvalue weighted by atomic mass is 9.79. The molecule has 0 aromatic carbocycles. The molecule has 0 bridgehead atoms. The Hall–Kier alpha value is -0.900. The maximum Gasteiger partial charge on any atom is 0.230 e. The maximum atomic E-state index is 5.93. The minimum absolute atomic E-state index is 0.399. The van der Waals surface area contributed by atoms with E-state index >= 15 is 0 Å². The predicted octanol–water partition coefficient (Wildman–Crippen LogP) is 3.99. The Bertz CT molecular complexity index is 445. The summed E-state index contributed by atoms with van der Waals surface area (Å²) in [6, 6.07) is 0. The fourth-order valence-corrected chi connectivity index (χ4v) is 4.27. The lowest BCUT2D eigenvalue weighted by Gasteiger charge is -2.28. The van der Waals surface area contributed by atoms with E-state index in [9.17, 15) is 0 Å². The molecule has 0 spiro atoms. The molecule has 0 aliphatic heterocycles. The topological polar surface area (TPSA) is 64.9 Å². The molecule has 2 saturated carbocycles. The minimum Gasteiger partial charge on any atom is -0.339 e. The van der Waals surface area contributed by atoms with E-state index in [0.717, 1.165) is 30.6 Å². The second kappa shape index (κ2) is 6.91. The number of nitrogens with zero attached hydrogens (tertiary/aromatic N) is 2. The Kier molecular flexibility index (Phi) is 4.94. The molecule has 4 unspecified atom stereocenters. The van der Waals surface area contributed by atoms with E-state index < -0.39 is 0 Å². The molecule has 0 amide bonds. The summed E-state index contributed by atoms with van der Waals surface area (Å²) in [6.45, 7) is 3.03. The van der Waals surface area contributed by atoms with Gasteiger partial charge in [0.15, 0.2) is 5.82 Å². The van der Waals surface area contributed by atoms with Crippen molar-refractivity contribution >= 4 is 0 Å². The van der Waals surface area contributed by atoms with Crippen LogP contribution in [0.25, 0.3) is 0 Å². The molecule has 2 fully saturated rings. The molecule has 2 N–H and O–H groups in total. The second-order valence-corrected chi connectivity index (χ2v) is 7.02. The van der Waals surface area contributed by atoms with E-state index in [0.29, 0.717) is 17.8 Å². The summed E-state index contributed by atoms with van der Waals surface area (Å²) in [4.78, 5) is 4.79. The number of rotatable bonds is 4. The molecule has 1 heterocycles. The highest BCUT2D eigenvalue weighted by Gasteiger charge is 2.32. The molecule has 1 aromatic rings. The van der Waals surface area contributed by atoms with Crippen LogP contribution in [-0.4, -0.2) is 16.7 Å². The molecule has 2 aliphatic rings. The van der Waals surface area contributed by atoms with Gasteiger partial charge in [-0.2, -0.15) is 4.98 Å². The molecular formula is C17H29N3O. The fraction of sp³-hybridized carbons (Fsp3) is 0.882. The minimum atomic E-state index is 0.399. The quantitative estimate of drug-likeness (QED) is 0.911. The van der Waals surface area contributed by atoms with Crippen molar-refractivity contribution in [1.29, 1.82) is 0 Å². The van der Waals surface area contributed by atoms with Gasteiger partial charge in [0, 0.05) is 11.8 Å². The summed E-state index contributed by atoms with van der Waals surface area (Å²) in [5.74, 6) is 4.11. The van der Waals surface area contributed by atoms with E-state index in [4.69, 9.17) is 15.2 Å². The van der Waals surface area contributed by atoms with Gasteiger partial charge in [0.05, 0.1) is 0 Å². The van der Waals surface area contributed by atoms with Crippen LogP contribution in [0.15, 0.2) is 4.52 Å². The van der Waals surface area contributed by atoms with Crippen molar-refractivity contribution in [3.63, 3.8) is 0 Å². The van der Waals surface area contributed by atoms with Gasteiger partial charge in [-0.15, -0.1) is 0 Å². The molecule has 118 valence electrons. The third kappa shape index (κ3) is 3.31. The van der Waals surface area contributed by atoms with Crippen LogP contribution in [0.5, 0.6) is 0 Å². The highest BCUT2D eigenvalue weighted by Crippen LogP contribution is 2.39. The van der Waals surface area contributed by atoms with Gasteiger partial charge in [0.1, 0.15) is 0 Å². The van der Waals surface area contributed by atoms with Crippen LogP contribution in [0.3, 0.4) is 0 Å². The second-order valence-electron chi connectivity index (χ2n) is 7.02. The van der Waals surface area contributed by atoms with Crippen LogP contribution in [0.1, 0.15) is 88.3 Å². The largest absolute Gasteiger partial charge is 0.339 e. The molecule has 4 heteroatoms. The summed E-state index contributed by atoms with van der Waals surface area (Å²) in [5, 5.41) is 4.33. The Labute approximate surface area is 127 Å². The lowest BCUT2D eigenvalue weighted by molar-refractivity contribution is 0.247. The van der Waals surface area contributed by atoms with Gasteiger partial charge in [-0.1, -0.05) is 44.2 Å². The van der Waals surface area contributed by atoms with Crippen LogP contribution < -0.4 is 5.73 Å².